The maximum atomic E-state index is 15.0. The summed E-state index contributed by atoms with van der Waals surface area (Å²) in [6, 6.07) is 5.06. The zero-order valence-corrected chi connectivity index (χ0v) is 17.7. The van der Waals surface area contributed by atoms with Crippen molar-refractivity contribution < 1.29 is 8.94 Å². The molecular weight excluding hydrogens is 425 g/mol. The maximum absolute atomic E-state index is 15.0. The van der Waals surface area contributed by atoms with Gasteiger partial charge in [0.1, 0.15) is 5.69 Å². The molecule has 0 radical (unpaired) electrons. The summed E-state index contributed by atoms with van der Waals surface area (Å²) in [5, 5.41) is 0.938. The number of rotatable bonds is 4. The van der Waals surface area contributed by atoms with Crippen molar-refractivity contribution >= 4 is 44.5 Å². The monoisotopic (exact) mass is 445 g/mol. The van der Waals surface area contributed by atoms with Crippen molar-refractivity contribution in [3.8, 4) is 11.3 Å². The molecule has 1 fully saturated rings. The van der Waals surface area contributed by atoms with Crippen LogP contribution >= 0.6 is 27.3 Å². The van der Waals surface area contributed by atoms with Gasteiger partial charge in [-0.3, -0.25) is 0 Å². The van der Waals surface area contributed by atoms with Crippen LogP contribution in [0.1, 0.15) is 38.6 Å². The molecule has 8 heteroatoms. The SMILES string of the molecule is CC(C)(C)c1nc(-c2cccc(N[S+]([O-])N3CCCC3)c2F)c(Br)s1. The van der Waals surface area contributed by atoms with Crippen LogP contribution in [0.3, 0.4) is 0 Å². The number of halogens is 2. The van der Waals surface area contributed by atoms with Gasteiger partial charge in [-0.1, -0.05) is 26.8 Å². The highest BCUT2D eigenvalue weighted by molar-refractivity contribution is 9.11. The van der Waals surface area contributed by atoms with Crippen LogP contribution in [0, 0.1) is 5.82 Å². The molecule has 2 heterocycles. The van der Waals surface area contributed by atoms with Crippen LogP contribution in [-0.2, 0) is 17.0 Å². The Morgan fingerprint density at radius 2 is 2.00 bits per heavy atom. The molecule has 1 aliphatic rings. The van der Waals surface area contributed by atoms with Gasteiger partial charge in [0.25, 0.3) is 0 Å². The molecule has 25 heavy (non-hydrogen) atoms. The molecular formula is C17H21BrFN3OS2. The van der Waals surface area contributed by atoms with E-state index in [-0.39, 0.29) is 11.1 Å². The second-order valence-corrected chi connectivity index (χ2v) is 10.6. The molecule has 4 nitrogen and oxygen atoms in total. The third-order valence-electron chi connectivity index (χ3n) is 3.98. The van der Waals surface area contributed by atoms with E-state index in [0.717, 1.165) is 34.7 Å². The van der Waals surface area contributed by atoms with Crippen molar-refractivity contribution in [2.75, 3.05) is 17.8 Å². The minimum Gasteiger partial charge on any atom is -0.573 e. The van der Waals surface area contributed by atoms with Crippen LogP contribution in [0.4, 0.5) is 10.1 Å². The average molecular weight is 446 g/mol. The van der Waals surface area contributed by atoms with E-state index in [9.17, 15) is 4.55 Å². The minimum atomic E-state index is -1.42. The Kier molecular flexibility index (Phi) is 5.75. The fraction of sp³-hybridized carbons (Fsp3) is 0.471. The number of nitrogens with zero attached hydrogens (tertiary/aromatic N) is 2. The van der Waals surface area contributed by atoms with Gasteiger partial charge in [-0.2, -0.15) is 4.72 Å². The first-order chi connectivity index (χ1) is 11.8. The van der Waals surface area contributed by atoms with Gasteiger partial charge in [0.05, 0.1) is 14.5 Å². The highest BCUT2D eigenvalue weighted by Gasteiger charge is 2.27. The van der Waals surface area contributed by atoms with Gasteiger partial charge in [-0.05, 0) is 40.9 Å². The lowest BCUT2D eigenvalue weighted by Gasteiger charge is -2.19. The number of anilines is 1. The number of hydrogen-bond acceptors (Lipinski definition) is 5. The van der Waals surface area contributed by atoms with Gasteiger partial charge in [0.2, 0.25) is 0 Å². The maximum Gasteiger partial charge on any atom is 0.166 e. The molecule has 0 saturated carbocycles. The number of nitrogens with one attached hydrogen (secondary N) is 1. The first-order valence-corrected chi connectivity index (χ1v) is 10.9. The summed E-state index contributed by atoms with van der Waals surface area (Å²) in [5.41, 5.74) is 1.12. The average Bonchev–Trinajstić information content (AvgIpc) is 3.18. The summed E-state index contributed by atoms with van der Waals surface area (Å²) in [4.78, 5) is 4.63. The molecule has 0 amide bonds. The van der Waals surface area contributed by atoms with E-state index in [1.165, 1.54) is 11.3 Å². The van der Waals surface area contributed by atoms with Gasteiger partial charge in [0, 0.05) is 24.1 Å². The van der Waals surface area contributed by atoms with Gasteiger partial charge < -0.3 is 4.55 Å². The summed E-state index contributed by atoms with van der Waals surface area (Å²) < 4.78 is 32.8. The van der Waals surface area contributed by atoms with Gasteiger partial charge in [-0.25, -0.2) is 9.37 Å². The molecule has 1 N–H and O–H groups in total. The minimum absolute atomic E-state index is 0.102. The number of hydrogen-bond donors (Lipinski definition) is 1. The smallest absolute Gasteiger partial charge is 0.166 e. The molecule has 136 valence electrons. The number of aromatic nitrogens is 1. The molecule has 0 aliphatic carbocycles. The Labute approximate surface area is 163 Å². The number of thiazole rings is 1. The fourth-order valence-corrected chi connectivity index (χ4v) is 5.29. The standard InChI is InChI=1S/C17H21BrFN3OS2/c1-17(2,3)16-20-14(15(18)24-16)11-7-6-8-12(13(11)19)21-25(23)22-9-4-5-10-22/h6-8,21H,4-5,9-10H2,1-3H3. The van der Waals surface area contributed by atoms with Gasteiger partial charge >= 0.3 is 0 Å². The Morgan fingerprint density at radius 3 is 2.60 bits per heavy atom. The molecule has 1 aliphatic heterocycles. The lowest BCUT2D eigenvalue weighted by molar-refractivity contribution is 0.481. The quantitative estimate of drug-likeness (QED) is 0.665. The van der Waals surface area contributed by atoms with Crippen LogP contribution in [0.25, 0.3) is 11.3 Å². The van der Waals surface area contributed by atoms with E-state index in [1.807, 2.05) is 4.31 Å². The van der Waals surface area contributed by atoms with Crippen molar-refractivity contribution in [2.24, 2.45) is 0 Å². The normalized spacial score (nSPS) is 17.0. The summed E-state index contributed by atoms with van der Waals surface area (Å²) in [6.07, 6.45) is 2.05. The summed E-state index contributed by atoms with van der Waals surface area (Å²) >= 11 is 3.60. The molecule has 1 unspecified atom stereocenters. The van der Waals surface area contributed by atoms with Crippen LogP contribution in [0.5, 0.6) is 0 Å². The largest absolute Gasteiger partial charge is 0.573 e. The zero-order chi connectivity index (χ0) is 18.2. The Morgan fingerprint density at radius 1 is 1.32 bits per heavy atom. The van der Waals surface area contributed by atoms with Crippen molar-refractivity contribution in [2.45, 2.75) is 39.0 Å². The lowest BCUT2D eigenvalue weighted by atomic mass is 9.98. The zero-order valence-electron chi connectivity index (χ0n) is 14.4. The van der Waals surface area contributed by atoms with E-state index in [2.05, 4.69) is 46.4 Å². The van der Waals surface area contributed by atoms with E-state index < -0.39 is 17.4 Å². The fourth-order valence-electron chi connectivity index (χ4n) is 2.59. The van der Waals surface area contributed by atoms with E-state index in [1.54, 1.807) is 18.2 Å². The van der Waals surface area contributed by atoms with E-state index >= 15 is 4.39 Å². The van der Waals surface area contributed by atoms with Crippen LogP contribution < -0.4 is 4.72 Å². The molecule has 1 saturated heterocycles. The first kappa shape index (κ1) is 19.1. The molecule has 1 aromatic heterocycles. The van der Waals surface area contributed by atoms with Crippen molar-refractivity contribution in [1.82, 2.24) is 9.29 Å². The molecule has 2 aromatic rings. The van der Waals surface area contributed by atoms with Crippen LogP contribution in [-0.4, -0.2) is 26.9 Å². The van der Waals surface area contributed by atoms with Crippen molar-refractivity contribution in [3.05, 3.63) is 32.8 Å². The molecule has 0 bridgehead atoms. The van der Waals surface area contributed by atoms with E-state index in [4.69, 9.17) is 0 Å². The third kappa shape index (κ3) is 4.19. The lowest BCUT2D eigenvalue weighted by Crippen LogP contribution is -2.33. The van der Waals surface area contributed by atoms with Crippen molar-refractivity contribution in [1.29, 1.82) is 0 Å². The predicted molar refractivity (Wildman–Crippen MR) is 106 cm³/mol. The molecule has 1 atom stereocenters. The molecule has 0 spiro atoms. The Hall–Kier alpha value is -0.670. The van der Waals surface area contributed by atoms with E-state index in [0.29, 0.717) is 11.3 Å². The number of benzene rings is 1. The van der Waals surface area contributed by atoms with Crippen LogP contribution in [0.15, 0.2) is 22.0 Å². The predicted octanol–water partition coefficient (Wildman–Crippen LogP) is 5.10. The second-order valence-electron chi connectivity index (χ2n) is 7.05. The summed E-state index contributed by atoms with van der Waals surface area (Å²) in [5.74, 6) is -0.429. The molecule has 1 aromatic carbocycles. The first-order valence-electron chi connectivity index (χ1n) is 8.16. The summed E-state index contributed by atoms with van der Waals surface area (Å²) in [6.45, 7) is 7.78. The second kappa shape index (κ2) is 7.52. The highest BCUT2D eigenvalue weighted by Crippen LogP contribution is 2.39. The summed E-state index contributed by atoms with van der Waals surface area (Å²) in [7, 11) is 0. The third-order valence-corrected chi connectivity index (χ3v) is 7.34. The van der Waals surface area contributed by atoms with Gasteiger partial charge in [0.15, 0.2) is 17.4 Å². The van der Waals surface area contributed by atoms with Gasteiger partial charge in [-0.15, -0.1) is 15.6 Å². The van der Waals surface area contributed by atoms with Crippen LogP contribution in [0.2, 0.25) is 0 Å². The Balaban J connectivity index is 1.90. The van der Waals surface area contributed by atoms with Crippen molar-refractivity contribution in [3.63, 3.8) is 0 Å². The topological polar surface area (TPSA) is 51.2 Å². The molecule has 3 rings (SSSR count). The Bertz CT molecular complexity index is 757. The highest BCUT2D eigenvalue weighted by atomic mass is 79.9.